The summed E-state index contributed by atoms with van der Waals surface area (Å²) < 4.78 is 72.2. The van der Waals surface area contributed by atoms with Crippen molar-refractivity contribution < 1.29 is 41.4 Å². The smallest absolute Gasteiger partial charge is 0.416 e. The van der Waals surface area contributed by atoms with Gasteiger partial charge in [-0.3, -0.25) is 4.90 Å². The Morgan fingerprint density at radius 1 is 0.870 bits per heavy atom. The first-order chi connectivity index (χ1) is 21.7. The molecule has 0 unspecified atom stereocenters. The average molecular weight is 636 g/mol. The number of nitrogens with zero attached hydrogens (tertiary/aromatic N) is 1. The Kier molecular flexibility index (Phi) is 8.84. The molecule has 0 bridgehead atoms. The van der Waals surface area contributed by atoms with E-state index < -0.39 is 41.8 Å². The van der Waals surface area contributed by atoms with Crippen LogP contribution in [0.1, 0.15) is 56.8 Å². The summed E-state index contributed by atoms with van der Waals surface area (Å²) in [5.41, 5.74) is 4.55. The minimum atomic E-state index is -4.54. The quantitative estimate of drug-likeness (QED) is 0.150. The fourth-order valence-corrected chi connectivity index (χ4v) is 5.95. The SMILES string of the molecule is COC(=O)c1ccc(-c2cc(-c3ccc(C)cc3CN3C(=O)O[C@H](c4cc(C)cc(C(F)(F)F)c4)[C@@H]3C)c(OC)cc2F)c(C)c1. The van der Waals surface area contributed by atoms with Crippen LogP contribution in [-0.4, -0.2) is 37.2 Å². The van der Waals surface area contributed by atoms with Crippen molar-refractivity contribution in [2.24, 2.45) is 0 Å². The van der Waals surface area contributed by atoms with E-state index in [1.165, 1.54) is 25.2 Å². The molecule has 0 radical (unpaired) electrons. The van der Waals surface area contributed by atoms with Crippen LogP contribution in [0.15, 0.2) is 66.7 Å². The number of esters is 1. The molecule has 1 aliphatic heterocycles. The van der Waals surface area contributed by atoms with Gasteiger partial charge >= 0.3 is 18.2 Å². The molecule has 1 fully saturated rings. The first-order valence-electron chi connectivity index (χ1n) is 14.5. The van der Waals surface area contributed by atoms with Crippen molar-refractivity contribution in [1.29, 1.82) is 0 Å². The summed E-state index contributed by atoms with van der Waals surface area (Å²) in [6.45, 7) is 7.04. The van der Waals surface area contributed by atoms with Crippen molar-refractivity contribution in [3.63, 3.8) is 0 Å². The molecule has 240 valence electrons. The fourth-order valence-electron chi connectivity index (χ4n) is 5.95. The number of rotatable bonds is 7. The van der Waals surface area contributed by atoms with Crippen LogP contribution < -0.4 is 4.74 Å². The minimum absolute atomic E-state index is 0.0776. The second-order valence-electron chi connectivity index (χ2n) is 11.5. The number of cyclic esters (lactones) is 1. The van der Waals surface area contributed by atoms with E-state index in [9.17, 15) is 22.8 Å². The molecule has 1 aliphatic rings. The van der Waals surface area contributed by atoms with E-state index in [0.29, 0.717) is 38.9 Å². The lowest BCUT2D eigenvalue weighted by atomic mass is 9.91. The number of ether oxygens (including phenoxy) is 3. The molecule has 4 aromatic carbocycles. The van der Waals surface area contributed by atoms with Crippen LogP contribution in [0.25, 0.3) is 22.3 Å². The Hall–Kier alpha value is -4.86. The normalized spacial score (nSPS) is 16.4. The lowest BCUT2D eigenvalue weighted by Gasteiger charge is -2.24. The van der Waals surface area contributed by atoms with E-state index in [-0.39, 0.29) is 23.4 Å². The molecule has 46 heavy (non-hydrogen) atoms. The minimum Gasteiger partial charge on any atom is -0.496 e. The lowest BCUT2D eigenvalue weighted by Crippen LogP contribution is -2.31. The Bertz CT molecular complexity index is 1830. The molecule has 0 aromatic heterocycles. The molecule has 0 N–H and O–H groups in total. The van der Waals surface area contributed by atoms with E-state index in [1.807, 2.05) is 25.1 Å². The topological polar surface area (TPSA) is 65.1 Å². The van der Waals surface area contributed by atoms with Crippen LogP contribution in [0.3, 0.4) is 0 Å². The number of amides is 1. The fraction of sp³-hybridized carbons (Fsp3) is 0.278. The zero-order valence-corrected chi connectivity index (χ0v) is 26.2. The summed E-state index contributed by atoms with van der Waals surface area (Å²) in [6, 6.07) is 16.5. The third-order valence-electron chi connectivity index (χ3n) is 8.27. The number of aryl methyl sites for hydroxylation is 3. The number of methoxy groups -OCH3 is 2. The van der Waals surface area contributed by atoms with E-state index >= 15 is 4.39 Å². The van der Waals surface area contributed by atoms with Crippen molar-refractivity contribution in [3.05, 3.63) is 111 Å². The lowest BCUT2D eigenvalue weighted by molar-refractivity contribution is -0.137. The van der Waals surface area contributed by atoms with Crippen molar-refractivity contribution in [3.8, 4) is 28.0 Å². The van der Waals surface area contributed by atoms with Gasteiger partial charge in [0.1, 0.15) is 17.7 Å². The Labute approximate surface area is 264 Å². The van der Waals surface area contributed by atoms with Crippen LogP contribution in [0.4, 0.5) is 22.4 Å². The first kappa shape index (κ1) is 32.5. The van der Waals surface area contributed by atoms with Crippen LogP contribution in [0.2, 0.25) is 0 Å². The molecular weight excluding hydrogens is 602 g/mol. The molecule has 0 aliphatic carbocycles. The first-order valence-corrected chi connectivity index (χ1v) is 14.5. The zero-order chi connectivity index (χ0) is 33.5. The van der Waals surface area contributed by atoms with E-state index in [0.717, 1.165) is 17.7 Å². The van der Waals surface area contributed by atoms with Crippen molar-refractivity contribution in [1.82, 2.24) is 4.90 Å². The van der Waals surface area contributed by atoms with Gasteiger partial charge in [0.05, 0.1) is 37.9 Å². The van der Waals surface area contributed by atoms with Gasteiger partial charge in [-0.15, -0.1) is 0 Å². The molecule has 1 heterocycles. The van der Waals surface area contributed by atoms with Crippen molar-refractivity contribution >= 4 is 12.1 Å². The van der Waals surface area contributed by atoms with Crippen LogP contribution in [0.5, 0.6) is 5.75 Å². The van der Waals surface area contributed by atoms with Gasteiger partial charge in [-0.05, 0) is 85.8 Å². The molecule has 1 saturated heterocycles. The Morgan fingerprint density at radius 2 is 1.59 bits per heavy atom. The Morgan fingerprint density at radius 3 is 2.24 bits per heavy atom. The van der Waals surface area contributed by atoms with E-state index in [4.69, 9.17) is 14.2 Å². The third kappa shape index (κ3) is 6.29. The largest absolute Gasteiger partial charge is 0.496 e. The monoisotopic (exact) mass is 635 g/mol. The highest BCUT2D eigenvalue weighted by Gasteiger charge is 2.41. The summed E-state index contributed by atoms with van der Waals surface area (Å²) in [4.78, 5) is 26.7. The summed E-state index contributed by atoms with van der Waals surface area (Å²) in [5.74, 6) is -0.765. The number of halogens is 4. The highest BCUT2D eigenvalue weighted by Crippen LogP contribution is 2.42. The molecule has 0 saturated carbocycles. The van der Waals surface area contributed by atoms with Gasteiger partial charge in [0.15, 0.2) is 0 Å². The van der Waals surface area contributed by atoms with Crippen molar-refractivity contribution in [2.45, 2.75) is 52.6 Å². The van der Waals surface area contributed by atoms with Gasteiger partial charge in [0, 0.05) is 17.2 Å². The summed E-state index contributed by atoms with van der Waals surface area (Å²) in [7, 11) is 2.72. The second kappa shape index (κ2) is 12.5. The second-order valence-corrected chi connectivity index (χ2v) is 11.5. The van der Waals surface area contributed by atoms with E-state index in [2.05, 4.69) is 0 Å². The van der Waals surface area contributed by atoms with Gasteiger partial charge in [-0.1, -0.05) is 41.5 Å². The maximum Gasteiger partial charge on any atom is 0.416 e. The van der Waals surface area contributed by atoms with Gasteiger partial charge < -0.3 is 14.2 Å². The molecule has 5 rings (SSSR count). The molecule has 10 heteroatoms. The van der Waals surface area contributed by atoms with Gasteiger partial charge in [0.25, 0.3) is 0 Å². The molecule has 6 nitrogen and oxygen atoms in total. The average Bonchev–Trinajstić information content (AvgIpc) is 3.28. The number of carbonyl (C=O) groups is 2. The van der Waals surface area contributed by atoms with Crippen LogP contribution >= 0.6 is 0 Å². The molecular formula is C36H33F4NO5. The van der Waals surface area contributed by atoms with Crippen LogP contribution in [-0.2, 0) is 22.2 Å². The third-order valence-corrected chi connectivity index (χ3v) is 8.27. The predicted molar refractivity (Wildman–Crippen MR) is 165 cm³/mol. The molecule has 2 atom stereocenters. The number of benzene rings is 4. The molecule has 0 spiro atoms. The number of alkyl halides is 3. The molecule has 4 aromatic rings. The Balaban J connectivity index is 1.54. The number of hydrogen-bond acceptors (Lipinski definition) is 5. The maximum absolute atomic E-state index is 15.5. The van der Waals surface area contributed by atoms with Gasteiger partial charge in [-0.25, -0.2) is 14.0 Å². The summed E-state index contributed by atoms with van der Waals surface area (Å²) in [6.07, 6.45) is -6.12. The van der Waals surface area contributed by atoms with Gasteiger partial charge in [0.2, 0.25) is 0 Å². The standard InChI is InChI=1S/C36H33F4NO5/c1-19-7-9-28(30-16-29(31(37)17-32(30)44-5)27-10-8-23(14-21(27)3)34(42)45-6)25(11-19)18-41-22(4)33(46-35(41)43)24-12-20(2)13-26(15-24)36(38,39)40/h7-17,22,33H,18H2,1-6H3/t22-,33-/m0/s1. The zero-order valence-electron chi connectivity index (χ0n) is 26.2. The summed E-state index contributed by atoms with van der Waals surface area (Å²) in [5, 5.41) is 0. The van der Waals surface area contributed by atoms with Crippen molar-refractivity contribution in [2.75, 3.05) is 14.2 Å². The predicted octanol–water partition coefficient (Wildman–Crippen LogP) is 8.98. The maximum atomic E-state index is 15.5. The highest BCUT2D eigenvalue weighted by atomic mass is 19.4. The molecule has 1 amide bonds. The summed E-state index contributed by atoms with van der Waals surface area (Å²) >= 11 is 0. The van der Waals surface area contributed by atoms with Crippen LogP contribution in [0, 0.1) is 26.6 Å². The highest BCUT2D eigenvalue weighted by molar-refractivity contribution is 5.91. The van der Waals surface area contributed by atoms with E-state index in [1.54, 1.807) is 51.1 Å². The number of carbonyl (C=O) groups excluding carboxylic acids is 2. The number of hydrogen-bond donors (Lipinski definition) is 0. The van der Waals surface area contributed by atoms with Gasteiger partial charge in [-0.2, -0.15) is 13.2 Å².